The summed E-state index contributed by atoms with van der Waals surface area (Å²) in [5.74, 6) is 0. The van der Waals surface area contributed by atoms with Crippen molar-refractivity contribution < 1.29 is 0 Å². The smallest absolute Gasteiger partial charge is 0.0711 e. The zero-order valence-corrected chi connectivity index (χ0v) is 26.2. The standard InChI is InChI=1S/C28H44Si4/c1-11-25-26(23-19-15-13-16-20-23)32(29(3,4)5,30(6,7)8)27(24-21-17-14-18-22-24)28(25)31(9,10)12-2/h13-22H,11-12H2,1-10H3. The van der Waals surface area contributed by atoms with Gasteiger partial charge in [-0.15, -0.1) is 0 Å². The van der Waals surface area contributed by atoms with E-state index in [1.165, 1.54) is 11.6 Å². The molecule has 3 rings (SSSR count). The van der Waals surface area contributed by atoms with Crippen molar-refractivity contribution in [2.24, 2.45) is 0 Å². The molecule has 0 fully saturated rings. The summed E-state index contributed by atoms with van der Waals surface area (Å²) in [6.07, 6.45) is 1.16. The molecule has 32 heavy (non-hydrogen) atoms. The molecule has 0 atom stereocenters. The molecule has 0 nitrogen and oxygen atoms in total. The minimum atomic E-state index is -1.98. The summed E-state index contributed by atoms with van der Waals surface area (Å²) in [5.41, 5.74) is 4.83. The van der Waals surface area contributed by atoms with Gasteiger partial charge in [0.1, 0.15) is 7.11 Å². The van der Waals surface area contributed by atoms with Crippen LogP contribution < -0.4 is 0 Å². The number of hydrogen-bond donors (Lipinski definition) is 0. The molecule has 1 aliphatic rings. The van der Waals surface area contributed by atoms with Crippen molar-refractivity contribution >= 4 is 40.8 Å². The quantitative estimate of drug-likeness (QED) is 0.338. The van der Waals surface area contributed by atoms with Crippen LogP contribution in [0.4, 0.5) is 0 Å². The van der Waals surface area contributed by atoms with Crippen molar-refractivity contribution in [3.8, 4) is 0 Å². The zero-order valence-electron chi connectivity index (χ0n) is 22.2. The molecule has 0 bridgehead atoms. The second kappa shape index (κ2) is 8.86. The predicted molar refractivity (Wildman–Crippen MR) is 157 cm³/mol. The topological polar surface area (TPSA) is 0 Å². The molecular weight excluding hydrogens is 449 g/mol. The minimum Gasteiger partial charge on any atom is -0.0711 e. The third-order valence-electron chi connectivity index (χ3n) is 7.89. The van der Waals surface area contributed by atoms with E-state index in [2.05, 4.69) is 127 Å². The fourth-order valence-electron chi connectivity index (χ4n) is 6.68. The molecule has 0 amide bonds. The molecule has 0 saturated heterocycles. The van der Waals surface area contributed by atoms with Gasteiger partial charge in [-0.05, 0) is 28.3 Å². The van der Waals surface area contributed by atoms with Gasteiger partial charge in [0.05, 0.1) is 8.07 Å². The van der Waals surface area contributed by atoms with Crippen LogP contribution in [-0.4, -0.2) is 30.4 Å². The molecule has 4 heteroatoms. The van der Waals surface area contributed by atoms with Crippen molar-refractivity contribution in [3.63, 3.8) is 0 Å². The summed E-state index contributed by atoms with van der Waals surface area (Å²) in [5, 5.41) is 5.58. The summed E-state index contributed by atoms with van der Waals surface area (Å²) >= 11 is 0. The molecule has 2 aromatic rings. The Bertz CT molecular complexity index is 1000. The van der Waals surface area contributed by atoms with Crippen molar-refractivity contribution in [1.82, 2.24) is 0 Å². The van der Waals surface area contributed by atoms with Crippen molar-refractivity contribution in [2.45, 2.75) is 78.7 Å². The summed E-state index contributed by atoms with van der Waals surface area (Å²) in [6.45, 7) is 26.4. The number of allylic oxidation sites excluding steroid dienone is 2. The van der Waals surface area contributed by atoms with E-state index in [0.717, 1.165) is 6.42 Å². The molecule has 2 aromatic carbocycles. The van der Waals surface area contributed by atoms with Crippen molar-refractivity contribution in [3.05, 3.63) is 82.6 Å². The largest absolute Gasteiger partial charge is 0.105 e. The Morgan fingerprint density at radius 1 is 0.594 bits per heavy atom. The van der Waals surface area contributed by atoms with E-state index in [1.54, 1.807) is 11.1 Å². The van der Waals surface area contributed by atoms with E-state index in [0.29, 0.717) is 0 Å². The van der Waals surface area contributed by atoms with Crippen molar-refractivity contribution in [1.29, 1.82) is 0 Å². The molecule has 0 radical (unpaired) electrons. The third-order valence-corrected chi connectivity index (χ3v) is 48.9. The Morgan fingerprint density at radius 2 is 1.00 bits per heavy atom. The summed E-state index contributed by atoms with van der Waals surface area (Å²) in [4.78, 5) is 0. The van der Waals surface area contributed by atoms with Gasteiger partial charge in [-0.2, -0.15) is 0 Å². The van der Waals surface area contributed by atoms with E-state index in [9.17, 15) is 0 Å². The highest BCUT2D eigenvalue weighted by Crippen LogP contribution is 2.58. The molecular formula is C28H44Si4. The average molecular weight is 493 g/mol. The van der Waals surface area contributed by atoms with Crippen LogP contribution in [-0.2, 0) is 0 Å². The van der Waals surface area contributed by atoms with Gasteiger partial charge >= 0.3 is 0 Å². The van der Waals surface area contributed by atoms with Crippen LogP contribution in [0.2, 0.25) is 58.4 Å². The van der Waals surface area contributed by atoms with E-state index < -0.39 is 30.4 Å². The fraction of sp³-hybridized carbons (Fsp3) is 0.429. The SMILES string of the molecule is CCC1=C(c2ccccc2)[Si]([Si](C)(C)C)([Si](C)(C)C)C(c2ccccc2)=C1[Si](C)(C)CC. The molecule has 0 aliphatic carbocycles. The highest BCUT2D eigenvalue weighted by atomic mass is 29.6. The van der Waals surface area contributed by atoms with Gasteiger partial charge in [0.25, 0.3) is 0 Å². The highest BCUT2D eigenvalue weighted by Gasteiger charge is 2.64. The van der Waals surface area contributed by atoms with Crippen LogP contribution in [0.25, 0.3) is 10.4 Å². The average Bonchev–Trinajstić information content (AvgIpc) is 3.08. The Labute approximate surface area is 201 Å². The second-order valence-corrected chi connectivity index (χ2v) is 43.7. The first-order valence-electron chi connectivity index (χ1n) is 12.4. The van der Waals surface area contributed by atoms with Gasteiger partial charge in [-0.1, -0.05) is 143 Å². The van der Waals surface area contributed by atoms with Gasteiger partial charge in [0, 0.05) is 15.2 Å². The first kappa shape index (κ1) is 25.4. The monoisotopic (exact) mass is 492 g/mol. The van der Waals surface area contributed by atoms with Crippen LogP contribution >= 0.6 is 0 Å². The lowest BCUT2D eigenvalue weighted by molar-refractivity contribution is 1.14. The number of hydrogen-bond acceptors (Lipinski definition) is 0. The van der Waals surface area contributed by atoms with Gasteiger partial charge in [-0.25, -0.2) is 0 Å². The van der Waals surface area contributed by atoms with Crippen LogP contribution in [0.3, 0.4) is 0 Å². The highest BCUT2D eigenvalue weighted by molar-refractivity contribution is 7.80. The summed E-state index contributed by atoms with van der Waals surface area (Å²) in [6, 6.07) is 24.5. The van der Waals surface area contributed by atoms with Crippen LogP contribution in [0.5, 0.6) is 0 Å². The summed E-state index contributed by atoms with van der Waals surface area (Å²) < 4.78 is 0. The van der Waals surface area contributed by atoms with Crippen LogP contribution in [0, 0.1) is 0 Å². The molecule has 172 valence electrons. The normalized spacial score (nSPS) is 17.3. The lowest BCUT2D eigenvalue weighted by Gasteiger charge is -2.52. The molecule has 0 saturated carbocycles. The number of benzene rings is 2. The Morgan fingerprint density at radius 3 is 1.34 bits per heavy atom. The van der Waals surface area contributed by atoms with Gasteiger partial charge in [0.15, 0.2) is 0 Å². The first-order chi connectivity index (χ1) is 14.8. The van der Waals surface area contributed by atoms with Gasteiger partial charge < -0.3 is 0 Å². The Kier molecular flexibility index (Phi) is 7.03. The van der Waals surface area contributed by atoms with E-state index >= 15 is 0 Å². The third kappa shape index (κ3) is 3.87. The van der Waals surface area contributed by atoms with Crippen LogP contribution in [0.1, 0.15) is 31.4 Å². The summed E-state index contributed by atoms with van der Waals surface area (Å²) in [7, 11) is -6.74. The van der Waals surface area contributed by atoms with E-state index in [-0.39, 0.29) is 0 Å². The maximum Gasteiger partial charge on any atom is 0.105 e. The molecule has 1 aliphatic heterocycles. The van der Waals surface area contributed by atoms with Gasteiger partial charge in [0.2, 0.25) is 0 Å². The van der Waals surface area contributed by atoms with Crippen LogP contribution in [0.15, 0.2) is 71.4 Å². The van der Waals surface area contributed by atoms with E-state index in [4.69, 9.17) is 0 Å². The maximum atomic E-state index is 2.71. The Balaban J connectivity index is 2.65. The lowest BCUT2D eigenvalue weighted by Crippen LogP contribution is -2.72. The Hall–Kier alpha value is -1.21. The molecule has 1 heterocycles. The lowest BCUT2D eigenvalue weighted by atomic mass is 10.1. The minimum absolute atomic E-state index is 1.16. The van der Waals surface area contributed by atoms with E-state index in [1.807, 2.05) is 15.6 Å². The molecule has 0 aromatic heterocycles. The number of rotatable bonds is 7. The predicted octanol–water partition coefficient (Wildman–Crippen LogP) is 8.95. The first-order valence-corrected chi connectivity index (χ1v) is 26.6. The maximum absolute atomic E-state index is 2.71. The van der Waals surface area contributed by atoms with Crippen molar-refractivity contribution in [2.75, 3.05) is 0 Å². The molecule has 0 N–H and O–H groups in total. The fourth-order valence-corrected chi connectivity index (χ4v) is 58.8. The second-order valence-electron chi connectivity index (χ2n) is 12.2. The molecule has 0 spiro atoms. The zero-order chi connectivity index (χ0) is 23.9. The van der Waals surface area contributed by atoms with Gasteiger partial charge in [-0.3, -0.25) is 0 Å². The molecule has 0 unspecified atom stereocenters.